The van der Waals surface area contributed by atoms with Crippen molar-refractivity contribution in [3.63, 3.8) is 0 Å². The van der Waals surface area contributed by atoms with Crippen LogP contribution in [0, 0.1) is 0 Å². The summed E-state index contributed by atoms with van der Waals surface area (Å²) in [5, 5.41) is 18.2. The number of aliphatic hydroxyl groups is 1. The van der Waals surface area contributed by atoms with E-state index in [0.29, 0.717) is 12.2 Å². The van der Waals surface area contributed by atoms with Crippen LogP contribution in [0.3, 0.4) is 0 Å². The third-order valence-electron chi connectivity index (χ3n) is 5.16. The molecule has 0 saturated heterocycles. The van der Waals surface area contributed by atoms with Crippen molar-refractivity contribution < 1.29 is 18.3 Å². The third-order valence-corrected chi connectivity index (χ3v) is 6.06. The summed E-state index contributed by atoms with van der Waals surface area (Å²) in [5.74, 6) is -0.445. The second kappa shape index (κ2) is 8.15. The Hall–Kier alpha value is -2.79. The number of β-amino-alcohol motifs (C(OH)–C–C–N with tert-alkyl or cyclic N) is 1. The summed E-state index contributed by atoms with van der Waals surface area (Å²) >= 11 is 0. The first-order chi connectivity index (χ1) is 14.3. The van der Waals surface area contributed by atoms with E-state index in [-0.39, 0.29) is 17.1 Å². The van der Waals surface area contributed by atoms with Gasteiger partial charge in [-0.25, -0.2) is 18.5 Å². The van der Waals surface area contributed by atoms with Gasteiger partial charge in [-0.05, 0) is 29.7 Å². The second-order valence-electron chi connectivity index (χ2n) is 7.42. The molecule has 4 rings (SSSR count). The average molecular weight is 430 g/mol. The van der Waals surface area contributed by atoms with Gasteiger partial charge < -0.3 is 14.8 Å². The molecule has 1 amide bonds. The number of hydrogen-bond acceptors (Lipinski definition) is 6. The number of carbonyl (C=O) groups is 1. The number of amides is 1. The van der Waals surface area contributed by atoms with Gasteiger partial charge in [0.15, 0.2) is 0 Å². The monoisotopic (exact) mass is 429 g/mol. The molecule has 0 unspecified atom stereocenters. The summed E-state index contributed by atoms with van der Waals surface area (Å²) < 4.78 is 24.3. The van der Waals surface area contributed by atoms with E-state index in [9.17, 15) is 18.3 Å². The minimum atomic E-state index is -3.85. The van der Waals surface area contributed by atoms with Crippen molar-refractivity contribution in [3.05, 3.63) is 65.6 Å². The van der Waals surface area contributed by atoms with Gasteiger partial charge in [-0.1, -0.05) is 24.3 Å². The van der Waals surface area contributed by atoms with E-state index < -0.39 is 22.0 Å². The standard InChI is InChI=1S/C20H23N5O4S/c21-30(28,29)17-5-6-19-23-18(13-25(19)12-17)20(27)22-9-16(26)11-24-8-7-14-3-1-2-4-15(14)10-24/h1-6,12-13,16,26H,7-11H2,(H,22,27)(H2,21,28,29)/t16-/m0/s1. The molecule has 0 radical (unpaired) electrons. The number of carbonyl (C=O) groups excluding carboxylic acids is 1. The van der Waals surface area contributed by atoms with E-state index in [1.165, 1.54) is 40.1 Å². The van der Waals surface area contributed by atoms with Gasteiger partial charge in [0.05, 0.1) is 11.0 Å². The highest BCUT2D eigenvalue weighted by Crippen LogP contribution is 2.18. The predicted molar refractivity (Wildman–Crippen MR) is 110 cm³/mol. The van der Waals surface area contributed by atoms with Crippen LogP contribution in [0.15, 0.2) is 53.7 Å². The predicted octanol–water partition coefficient (Wildman–Crippen LogP) is 0.131. The molecule has 9 nitrogen and oxygen atoms in total. The normalized spacial score (nSPS) is 15.7. The van der Waals surface area contributed by atoms with Crippen molar-refractivity contribution in [1.82, 2.24) is 19.6 Å². The second-order valence-corrected chi connectivity index (χ2v) is 8.98. The molecular formula is C20H23N5O4S. The van der Waals surface area contributed by atoms with Crippen LogP contribution in [0.1, 0.15) is 21.6 Å². The van der Waals surface area contributed by atoms with E-state index in [4.69, 9.17) is 5.14 Å². The number of aromatic nitrogens is 2. The maximum atomic E-state index is 12.4. The minimum absolute atomic E-state index is 0.0714. The first kappa shape index (κ1) is 20.5. The van der Waals surface area contributed by atoms with Gasteiger partial charge in [-0.15, -0.1) is 0 Å². The van der Waals surface area contributed by atoms with Crippen LogP contribution in [0.2, 0.25) is 0 Å². The Kier molecular flexibility index (Phi) is 5.56. The lowest BCUT2D eigenvalue weighted by Gasteiger charge is -2.30. The third kappa shape index (κ3) is 4.51. The molecule has 0 bridgehead atoms. The van der Waals surface area contributed by atoms with Crippen molar-refractivity contribution in [2.75, 3.05) is 19.6 Å². The quantitative estimate of drug-likeness (QED) is 0.511. The van der Waals surface area contributed by atoms with Crippen LogP contribution in [0.4, 0.5) is 0 Å². The lowest BCUT2D eigenvalue weighted by Crippen LogP contribution is -2.42. The Bertz CT molecular complexity index is 1190. The first-order valence-electron chi connectivity index (χ1n) is 9.56. The van der Waals surface area contributed by atoms with Crippen LogP contribution in [0.5, 0.6) is 0 Å². The molecule has 0 aliphatic carbocycles. The molecule has 0 saturated carbocycles. The lowest BCUT2D eigenvalue weighted by molar-refractivity contribution is 0.0838. The molecule has 30 heavy (non-hydrogen) atoms. The van der Waals surface area contributed by atoms with Crippen molar-refractivity contribution >= 4 is 21.6 Å². The largest absolute Gasteiger partial charge is 0.390 e. The number of primary sulfonamides is 1. The Balaban J connectivity index is 1.34. The summed E-state index contributed by atoms with van der Waals surface area (Å²) in [6.07, 6.45) is 2.95. The number of fused-ring (bicyclic) bond motifs is 2. The molecule has 158 valence electrons. The Labute approximate surface area is 174 Å². The van der Waals surface area contributed by atoms with E-state index in [2.05, 4.69) is 27.3 Å². The summed E-state index contributed by atoms with van der Waals surface area (Å²) in [6.45, 7) is 2.19. The van der Waals surface area contributed by atoms with Gasteiger partial charge in [-0.2, -0.15) is 0 Å². The number of imidazole rings is 1. The summed E-state index contributed by atoms with van der Waals surface area (Å²) in [7, 11) is -3.85. The number of benzene rings is 1. The molecule has 4 N–H and O–H groups in total. The maximum absolute atomic E-state index is 12.4. The van der Waals surface area contributed by atoms with Gasteiger partial charge in [-0.3, -0.25) is 9.69 Å². The van der Waals surface area contributed by atoms with Crippen LogP contribution in [-0.2, 0) is 23.0 Å². The molecule has 3 aromatic rings. The molecule has 10 heteroatoms. The van der Waals surface area contributed by atoms with Crippen molar-refractivity contribution in [1.29, 1.82) is 0 Å². The fourth-order valence-electron chi connectivity index (χ4n) is 3.62. The highest BCUT2D eigenvalue weighted by atomic mass is 32.2. The number of hydrogen-bond donors (Lipinski definition) is 3. The van der Waals surface area contributed by atoms with E-state index in [0.717, 1.165) is 19.5 Å². The number of sulfonamides is 1. The number of nitrogens with one attached hydrogen (secondary N) is 1. The van der Waals surface area contributed by atoms with Gasteiger partial charge in [0.2, 0.25) is 10.0 Å². The van der Waals surface area contributed by atoms with Gasteiger partial charge in [0, 0.05) is 38.6 Å². The summed E-state index contributed by atoms with van der Waals surface area (Å²) in [6, 6.07) is 11.1. The molecule has 1 aliphatic heterocycles. The van der Waals surface area contributed by atoms with E-state index in [1.807, 2.05) is 12.1 Å². The number of nitrogens with two attached hydrogens (primary N) is 1. The fraction of sp³-hybridized carbons (Fsp3) is 0.300. The smallest absolute Gasteiger partial charge is 0.271 e. The zero-order chi connectivity index (χ0) is 21.3. The number of aliphatic hydroxyl groups excluding tert-OH is 1. The molecule has 1 aliphatic rings. The SMILES string of the molecule is NS(=O)(=O)c1ccc2nc(C(=O)NC[C@H](O)CN3CCc4ccccc4C3)cn2c1. The minimum Gasteiger partial charge on any atom is -0.390 e. The highest BCUT2D eigenvalue weighted by molar-refractivity contribution is 7.89. The van der Waals surface area contributed by atoms with Crippen LogP contribution in [0.25, 0.3) is 5.65 Å². The van der Waals surface area contributed by atoms with Gasteiger partial charge in [0.1, 0.15) is 11.3 Å². The number of pyridine rings is 1. The van der Waals surface area contributed by atoms with Gasteiger partial charge >= 0.3 is 0 Å². The van der Waals surface area contributed by atoms with Crippen molar-refractivity contribution in [2.45, 2.75) is 24.0 Å². The molecule has 0 spiro atoms. The molecular weight excluding hydrogens is 406 g/mol. The fourth-order valence-corrected chi connectivity index (χ4v) is 4.14. The lowest BCUT2D eigenvalue weighted by atomic mass is 10.00. The van der Waals surface area contributed by atoms with Crippen molar-refractivity contribution in [2.24, 2.45) is 5.14 Å². The molecule has 1 atom stereocenters. The van der Waals surface area contributed by atoms with Crippen LogP contribution >= 0.6 is 0 Å². The molecule has 2 aromatic heterocycles. The van der Waals surface area contributed by atoms with Gasteiger partial charge in [0.25, 0.3) is 5.91 Å². The number of nitrogens with zero attached hydrogens (tertiary/aromatic N) is 3. The Morgan fingerprint density at radius 2 is 1.97 bits per heavy atom. The highest BCUT2D eigenvalue weighted by Gasteiger charge is 2.19. The van der Waals surface area contributed by atoms with Crippen molar-refractivity contribution in [3.8, 4) is 0 Å². The molecule has 3 heterocycles. The Morgan fingerprint density at radius 1 is 1.20 bits per heavy atom. The van der Waals surface area contributed by atoms with Crippen LogP contribution in [-0.4, -0.2) is 59.5 Å². The average Bonchev–Trinajstić information content (AvgIpc) is 3.15. The number of rotatable bonds is 6. The van der Waals surface area contributed by atoms with E-state index >= 15 is 0 Å². The van der Waals surface area contributed by atoms with Crippen LogP contribution < -0.4 is 10.5 Å². The Morgan fingerprint density at radius 3 is 2.73 bits per heavy atom. The first-order valence-corrected chi connectivity index (χ1v) is 11.1. The summed E-state index contributed by atoms with van der Waals surface area (Å²) in [4.78, 5) is 18.7. The topological polar surface area (TPSA) is 130 Å². The zero-order valence-corrected chi connectivity index (χ0v) is 17.0. The van der Waals surface area contributed by atoms with E-state index in [1.54, 1.807) is 0 Å². The maximum Gasteiger partial charge on any atom is 0.271 e. The molecule has 1 aromatic carbocycles. The zero-order valence-electron chi connectivity index (χ0n) is 16.2. The summed E-state index contributed by atoms with van der Waals surface area (Å²) in [5.41, 5.74) is 3.15. The molecule has 0 fully saturated rings.